The smallest absolute Gasteiger partial charge is 0.337 e. The van der Waals surface area contributed by atoms with E-state index in [1.807, 2.05) is 20.8 Å². The van der Waals surface area contributed by atoms with E-state index in [1.165, 1.54) is 25.3 Å². The van der Waals surface area contributed by atoms with Crippen molar-refractivity contribution in [2.24, 2.45) is 0 Å². The lowest BCUT2D eigenvalue weighted by Crippen LogP contribution is -2.42. The lowest BCUT2D eigenvalue weighted by Gasteiger charge is -2.25. The molecule has 0 bridgehead atoms. The summed E-state index contributed by atoms with van der Waals surface area (Å²) in [6.07, 6.45) is 0.957. The van der Waals surface area contributed by atoms with Gasteiger partial charge in [0.15, 0.2) is 0 Å². The van der Waals surface area contributed by atoms with Gasteiger partial charge in [0.25, 0.3) is 0 Å². The molecule has 1 N–H and O–H groups in total. The fourth-order valence-corrected chi connectivity index (χ4v) is 3.30. The first-order valence-electron chi connectivity index (χ1n) is 7.52. The van der Waals surface area contributed by atoms with E-state index in [4.69, 9.17) is 11.6 Å². The molecule has 0 atom stereocenters. The highest BCUT2D eigenvalue weighted by atomic mass is 35.5. The molecule has 9 heteroatoms. The van der Waals surface area contributed by atoms with Crippen LogP contribution in [0.25, 0.3) is 0 Å². The quantitative estimate of drug-likeness (QED) is 0.751. The number of rotatable bonds is 6. The molecule has 1 aromatic carbocycles. The van der Waals surface area contributed by atoms with Gasteiger partial charge in [-0.1, -0.05) is 11.6 Å². The van der Waals surface area contributed by atoms with Crippen molar-refractivity contribution in [2.45, 2.75) is 32.7 Å². The molecule has 0 saturated heterocycles. The van der Waals surface area contributed by atoms with Crippen LogP contribution < -0.4 is 9.62 Å². The highest BCUT2D eigenvalue weighted by molar-refractivity contribution is 7.92. The number of nitrogens with one attached hydrogen (secondary N) is 1. The third-order valence-corrected chi connectivity index (χ3v) is 4.59. The summed E-state index contributed by atoms with van der Waals surface area (Å²) in [5, 5.41) is 2.91. The van der Waals surface area contributed by atoms with Crippen LogP contribution in [0.2, 0.25) is 5.02 Å². The number of hydrogen-bond donors (Lipinski definition) is 1. The molecular weight excluding hydrogens is 368 g/mol. The first-order valence-corrected chi connectivity index (χ1v) is 9.74. The number of amides is 1. The second kappa shape index (κ2) is 8.05. The summed E-state index contributed by atoms with van der Waals surface area (Å²) in [5.41, 5.74) is -0.138. The van der Waals surface area contributed by atoms with Crippen molar-refractivity contribution in [3.8, 4) is 0 Å². The van der Waals surface area contributed by atoms with Crippen LogP contribution in [0.4, 0.5) is 5.69 Å². The van der Waals surface area contributed by atoms with Gasteiger partial charge in [0, 0.05) is 18.5 Å². The molecule has 1 rings (SSSR count). The van der Waals surface area contributed by atoms with E-state index in [9.17, 15) is 18.0 Å². The molecular formula is C16H23ClN2O5S. The van der Waals surface area contributed by atoms with Crippen LogP contribution in [0.3, 0.4) is 0 Å². The second-order valence-electron chi connectivity index (χ2n) is 6.54. The second-order valence-corrected chi connectivity index (χ2v) is 8.86. The minimum absolute atomic E-state index is 0.0525. The molecule has 0 aromatic heterocycles. The fraction of sp³-hybridized carbons (Fsp3) is 0.500. The van der Waals surface area contributed by atoms with Crippen molar-refractivity contribution in [1.29, 1.82) is 0 Å². The summed E-state index contributed by atoms with van der Waals surface area (Å²) < 4.78 is 29.9. The molecule has 0 aliphatic heterocycles. The van der Waals surface area contributed by atoms with Crippen molar-refractivity contribution in [1.82, 2.24) is 5.32 Å². The van der Waals surface area contributed by atoms with Crippen LogP contribution in [0.15, 0.2) is 18.2 Å². The highest BCUT2D eigenvalue weighted by Gasteiger charge is 2.23. The molecule has 0 radical (unpaired) electrons. The van der Waals surface area contributed by atoms with Crippen LogP contribution in [-0.4, -0.2) is 45.7 Å². The van der Waals surface area contributed by atoms with Gasteiger partial charge in [-0.05, 0) is 39.0 Å². The van der Waals surface area contributed by atoms with Gasteiger partial charge in [-0.25, -0.2) is 13.2 Å². The molecule has 0 aliphatic rings. The summed E-state index contributed by atoms with van der Waals surface area (Å²) in [5.74, 6) is -0.904. The average molecular weight is 391 g/mol. The van der Waals surface area contributed by atoms with E-state index >= 15 is 0 Å². The summed E-state index contributed by atoms with van der Waals surface area (Å²) in [4.78, 5) is 23.7. The number of carbonyl (C=O) groups excluding carboxylic acids is 2. The van der Waals surface area contributed by atoms with Crippen LogP contribution in [0, 0.1) is 0 Å². The molecule has 140 valence electrons. The topological polar surface area (TPSA) is 92.8 Å². The predicted octanol–water partition coefficient (Wildman–Crippen LogP) is 2.20. The number of esters is 1. The minimum atomic E-state index is -3.71. The van der Waals surface area contributed by atoms with Gasteiger partial charge in [0.2, 0.25) is 15.9 Å². The van der Waals surface area contributed by atoms with E-state index in [0.717, 1.165) is 10.6 Å². The molecule has 0 aliphatic carbocycles. The van der Waals surface area contributed by atoms with Gasteiger partial charge in [-0.3, -0.25) is 9.10 Å². The van der Waals surface area contributed by atoms with Gasteiger partial charge in [0.05, 0.1) is 29.6 Å². The van der Waals surface area contributed by atoms with Crippen molar-refractivity contribution in [3.63, 3.8) is 0 Å². The molecule has 0 saturated carbocycles. The van der Waals surface area contributed by atoms with Crippen LogP contribution in [0.1, 0.15) is 37.6 Å². The van der Waals surface area contributed by atoms with Crippen LogP contribution in [-0.2, 0) is 19.6 Å². The Hall–Kier alpha value is -1.80. The van der Waals surface area contributed by atoms with Crippen molar-refractivity contribution < 1.29 is 22.7 Å². The molecule has 1 aromatic rings. The summed E-state index contributed by atoms with van der Waals surface area (Å²) in [7, 11) is -2.49. The number of carbonyl (C=O) groups is 2. The van der Waals surface area contributed by atoms with Crippen molar-refractivity contribution >= 4 is 39.2 Å². The Morgan fingerprint density at radius 3 is 2.36 bits per heavy atom. The zero-order valence-corrected chi connectivity index (χ0v) is 16.5. The maximum atomic E-state index is 12.2. The largest absolute Gasteiger partial charge is 0.465 e. The van der Waals surface area contributed by atoms with E-state index in [1.54, 1.807) is 0 Å². The Balaban J connectivity index is 3.13. The monoisotopic (exact) mass is 390 g/mol. The molecule has 7 nitrogen and oxygen atoms in total. The van der Waals surface area contributed by atoms with E-state index in [-0.39, 0.29) is 35.1 Å². The van der Waals surface area contributed by atoms with Crippen LogP contribution >= 0.6 is 11.6 Å². The summed E-state index contributed by atoms with van der Waals surface area (Å²) in [6.45, 7) is 5.38. The molecule has 0 heterocycles. The average Bonchev–Trinajstić information content (AvgIpc) is 2.45. The number of methoxy groups -OCH3 is 1. The molecule has 0 fully saturated rings. The minimum Gasteiger partial charge on any atom is -0.465 e. The Morgan fingerprint density at radius 2 is 1.88 bits per heavy atom. The SMILES string of the molecule is COC(=O)c1ccc(Cl)c(N(CCC(=O)NC(C)(C)C)S(C)(=O)=O)c1. The van der Waals surface area contributed by atoms with Gasteiger partial charge in [-0.15, -0.1) is 0 Å². The Labute approximate surface area is 153 Å². The normalized spacial score (nSPS) is 11.8. The van der Waals surface area contributed by atoms with Crippen molar-refractivity contribution in [3.05, 3.63) is 28.8 Å². The fourth-order valence-electron chi connectivity index (χ4n) is 2.10. The number of benzene rings is 1. The third-order valence-electron chi connectivity index (χ3n) is 3.09. The maximum absolute atomic E-state index is 12.2. The number of halogens is 1. The Bertz CT molecular complexity index is 756. The maximum Gasteiger partial charge on any atom is 0.337 e. The zero-order valence-electron chi connectivity index (χ0n) is 14.9. The standard InChI is InChI=1S/C16H23ClN2O5S/c1-16(2,3)18-14(20)8-9-19(25(5,22)23)13-10-11(15(21)24-4)6-7-12(13)17/h6-7,10H,8-9H2,1-5H3,(H,18,20). The zero-order chi connectivity index (χ0) is 19.4. The number of nitrogens with zero attached hydrogens (tertiary/aromatic N) is 1. The van der Waals surface area contributed by atoms with E-state index < -0.39 is 21.5 Å². The van der Waals surface area contributed by atoms with Gasteiger partial charge >= 0.3 is 5.97 Å². The lowest BCUT2D eigenvalue weighted by atomic mass is 10.1. The number of ether oxygens (including phenoxy) is 1. The number of hydrogen-bond acceptors (Lipinski definition) is 5. The molecule has 1 amide bonds. The van der Waals surface area contributed by atoms with Crippen molar-refractivity contribution in [2.75, 3.05) is 24.2 Å². The molecule has 0 unspecified atom stereocenters. The Morgan fingerprint density at radius 1 is 1.28 bits per heavy atom. The predicted molar refractivity (Wildman–Crippen MR) is 97.5 cm³/mol. The Kier molecular flexibility index (Phi) is 6.84. The van der Waals surface area contributed by atoms with E-state index in [2.05, 4.69) is 10.1 Å². The molecule has 25 heavy (non-hydrogen) atoms. The first kappa shape index (κ1) is 21.2. The summed E-state index contributed by atoms with van der Waals surface area (Å²) in [6, 6.07) is 4.18. The number of anilines is 1. The first-order chi connectivity index (χ1) is 11.3. The van der Waals surface area contributed by atoms with Gasteiger partial charge < -0.3 is 10.1 Å². The van der Waals surface area contributed by atoms with Crippen LogP contribution in [0.5, 0.6) is 0 Å². The van der Waals surface area contributed by atoms with Gasteiger partial charge in [-0.2, -0.15) is 0 Å². The lowest BCUT2D eigenvalue weighted by molar-refractivity contribution is -0.122. The number of sulfonamides is 1. The van der Waals surface area contributed by atoms with Gasteiger partial charge in [0.1, 0.15) is 0 Å². The highest BCUT2D eigenvalue weighted by Crippen LogP contribution is 2.29. The molecule has 0 spiro atoms. The third kappa shape index (κ3) is 6.55. The van der Waals surface area contributed by atoms with E-state index in [0.29, 0.717) is 0 Å². The summed E-state index contributed by atoms with van der Waals surface area (Å²) >= 11 is 6.11.